The maximum atomic E-state index is 11.5. The molecule has 0 aromatic heterocycles. The highest BCUT2D eigenvalue weighted by Crippen LogP contribution is 2.20. The normalized spacial score (nSPS) is 15.4. The number of hydrogen-bond acceptors (Lipinski definition) is 3. The Morgan fingerprint density at radius 2 is 1.88 bits per heavy atom. The van der Waals surface area contributed by atoms with E-state index in [9.17, 15) is 8.42 Å². The van der Waals surface area contributed by atoms with E-state index in [1.54, 1.807) is 24.3 Å². The van der Waals surface area contributed by atoms with Crippen LogP contribution < -0.4 is 9.44 Å². The molecule has 1 saturated carbocycles. The molecule has 1 aromatic rings. The first-order valence-electron chi connectivity index (χ1n) is 4.89. The van der Waals surface area contributed by atoms with E-state index in [2.05, 4.69) is 9.44 Å². The number of nitrogens with one attached hydrogen (secondary N) is 2. The number of nitrogens with zero attached hydrogens (tertiary/aromatic N) is 1. The maximum absolute atomic E-state index is 11.5. The van der Waals surface area contributed by atoms with E-state index < -0.39 is 10.2 Å². The summed E-state index contributed by atoms with van der Waals surface area (Å²) in [6.07, 6.45) is 1.79. The third kappa shape index (κ3) is 2.95. The van der Waals surface area contributed by atoms with Crippen LogP contribution in [0.15, 0.2) is 24.3 Å². The minimum Gasteiger partial charge on any atom is -0.271 e. The Hall–Kier alpha value is -1.58. The van der Waals surface area contributed by atoms with E-state index in [4.69, 9.17) is 5.26 Å². The van der Waals surface area contributed by atoms with Crippen LogP contribution in [0.5, 0.6) is 0 Å². The van der Waals surface area contributed by atoms with Crippen LogP contribution in [0.2, 0.25) is 0 Å². The van der Waals surface area contributed by atoms with Gasteiger partial charge >= 0.3 is 0 Å². The molecule has 1 aliphatic rings. The van der Waals surface area contributed by atoms with Gasteiger partial charge in [0.2, 0.25) is 0 Å². The molecule has 1 aromatic carbocycles. The fraction of sp³-hybridized carbons (Fsp3) is 0.300. The molecule has 0 saturated heterocycles. The first kappa shape index (κ1) is 10.9. The second-order valence-corrected chi connectivity index (χ2v) is 5.13. The van der Waals surface area contributed by atoms with E-state index in [0.717, 1.165) is 12.8 Å². The quantitative estimate of drug-likeness (QED) is 0.818. The summed E-state index contributed by atoms with van der Waals surface area (Å²) in [5.74, 6) is 0. The molecule has 5 nitrogen and oxygen atoms in total. The van der Waals surface area contributed by atoms with Crippen molar-refractivity contribution in [2.24, 2.45) is 0 Å². The van der Waals surface area contributed by atoms with Gasteiger partial charge in [-0.3, -0.25) is 4.72 Å². The minimum atomic E-state index is -3.47. The van der Waals surface area contributed by atoms with Gasteiger partial charge in [0, 0.05) is 11.7 Å². The van der Waals surface area contributed by atoms with Gasteiger partial charge in [-0.2, -0.15) is 18.4 Å². The van der Waals surface area contributed by atoms with Crippen LogP contribution in [-0.4, -0.2) is 14.5 Å². The molecule has 0 spiro atoms. The third-order valence-electron chi connectivity index (χ3n) is 2.17. The Morgan fingerprint density at radius 1 is 1.25 bits per heavy atom. The standard InChI is InChI=1S/C10H11N3O2S/c11-7-8-1-3-9(4-2-8)12-16(14,15)13-10-5-6-10/h1-4,10,12-13H,5-6H2. The van der Waals surface area contributed by atoms with E-state index in [0.29, 0.717) is 11.3 Å². The van der Waals surface area contributed by atoms with Gasteiger partial charge in [0.1, 0.15) is 0 Å². The molecular weight excluding hydrogens is 226 g/mol. The van der Waals surface area contributed by atoms with E-state index in [1.807, 2.05) is 6.07 Å². The Morgan fingerprint density at radius 3 is 2.38 bits per heavy atom. The van der Waals surface area contributed by atoms with Crippen LogP contribution in [0.3, 0.4) is 0 Å². The van der Waals surface area contributed by atoms with Crippen molar-refractivity contribution in [2.45, 2.75) is 18.9 Å². The summed E-state index contributed by atoms with van der Waals surface area (Å²) in [6, 6.07) is 8.30. The molecule has 0 unspecified atom stereocenters. The molecule has 0 radical (unpaired) electrons. The molecular formula is C10H11N3O2S. The molecule has 16 heavy (non-hydrogen) atoms. The fourth-order valence-corrected chi connectivity index (χ4v) is 2.40. The molecule has 0 atom stereocenters. The third-order valence-corrected chi connectivity index (χ3v) is 3.31. The lowest BCUT2D eigenvalue weighted by Crippen LogP contribution is -2.31. The SMILES string of the molecule is N#Cc1ccc(NS(=O)(=O)NC2CC2)cc1. The van der Waals surface area contributed by atoms with Crippen molar-refractivity contribution in [1.82, 2.24) is 4.72 Å². The molecule has 0 aliphatic heterocycles. The Kier molecular flexibility index (Phi) is 2.81. The summed E-state index contributed by atoms with van der Waals surface area (Å²) in [6.45, 7) is 0. The number of benzene rings is 1. The maximum Gasteiger partial charge on any atom is 0.299 e. The summed E-state index contributed by atoms with van der Waals surface area (Å²) >= 11 is 0. The summed E-state index contributed by atoms with van der Waals surface area (Å²) < 4.78 is 27.9. The van der Waals surface area contributed by atoms with Gasteiger partial charge in [-0.25, -0.2) is 0 Å². The number of anilines is 1. The van der Waals surface area contributed by atoms with E-state index >= 15 is 0 Å². The number of nitriles is 1. The van der Waals surface area contributed by atoms with Crippen LogP contribution in [0, 0.1) is 11.3 Å². The highest BCUT2D eigenvalue weighted by atomic mass is 32.2. The van der Waals surface area contributed by atoms with Gasteiger partial charge in [0.25, 0.3) is 10.2 Å². The van der Waals surface area contributed by atoms with Crippen molar-refractivity contribution in [2.75, 3.05) is 4.72 Å². The molecule has 0 heterocycles. The molecule has 2 rings (SSSR count). The Labute approximate surface area is 94.3 Å². The fourth-order valence-electron chi connectivity index (χ4n) is 1.22. The second kappa shape index (κ2) is 4.12. The van der Waals surface area contributed by atoms with Crippen molar-refractivity contribution in [1.29, 1.82) is 5.26 Å². The monoisotopic (exact) mass is 237 g/mol. The van der Waals surface area contributed by atoms with Gasteiger partial charge in [0.15, 0.2) is 0 Å². The van der Waals surface area contributed by atoms with Crippen molar-refractivity contribution in [3.63, 3.8) is 0 Å². The number of hydrogen-bond donors (Lipinski definition) is 2. The smallest absolute Gasteiger partial charge is 0.271 e. The van der Waals surface area contributed by atoms with Crippen LogP contribution in [0.1, 0.15) is 18.4 Å². The van der Waals surface area contributed by atoms with Crippen LogP contribution in [-0.2, 0) is 10.2 Å². The zero-order chi connectivity index (χ0) is 11.6. The molecule has 0 amide bonds. The lowest BCUT2D eigenvalue weighted by Gasteiger charge is -2.08. The highest BCUT2D eigenvalue weighted by molar-refractivity contribution is 7.90. The molecule has 84 valence electrons. The molecule has 2 N–H and O–H groups in total. The Bertz CT molecular complexity index is 512. The molecule has 0 bridgehead atoms. The summed E-state index contributed by atoms with van der Waals surface area (Å²) in [5, 5.41) is 8.59. The predicted molar refractivity (Wildman–Crippen MR) is 59.9 cm³/mol. The predicted octanol–water partition coefficient (Wildman–Crippen LogP) is 0.967. The zero-order valence-electron chi connectivity index (χ0n) is 8.47. The van der Waals surface area contributed by atoms with Gasteiger partial charge in [-0.05, 0) is 37.1 Å². The van der Waals surface area contributed by atoms with Gasteiger partial charge < -0.3 is 0 Å². The van der Waals surface area contributed by atoms with Crippen molar-refractivity contribution in [3.05, 3.63) is 29.8 Å². The minimum absolute atomic E-state index is 0.0795. The van der Waals surface area contributed by atoms with Gasteiger partial charge in [-0.1, -0.05) is 0 Å². The first-order valence-corrected chi connectivity index (χ1v) is 6.37. The molecule has 1 aliphatic carbocycles. The average Bonchev–Trinajstić information content (AvgIpc) is 3.01. The van der Waals surface area contributed by atoms with Gasteiger partial charge in [0.05, 0.1) is 11.6 Å². The van der Waals surface area contributed by atoms with Crippen LogP contribution in [0.25, 0.3) is 0 Å². The largest absolute Gasteiger partial charge is 0.299 e. The number of rotatable bonds is 4. The molecule has 1 fully saturated rings. The average molecular weight is 237 g/mol. The molecule has 6 heteroatoms. The van der Waals surface area contributed by atoms with Crippen molar-refractivity contribution in [3.8, 4) is 6.07 Å². The highest BCUT2D eigenvalue weighted by Gasteiger charge is 2.26. The first-order chi connectivity index (χ1) is 7.59. The second-order valence-electron chi connectivity index (χ2n) is 3.69. The van der Waals surface area contributed by atoms with Crippen molar-refractivity contribution < 1.29 is 8.42 Å². The summed E-state index contributed by atoms with van der Waals surface area (Å²) in [4.78, 5) is 0. The van der Waals surface area contributed by atoms with E-state index in [-0.39, 0.29) is 6.04 Å². The van der Waals surface area contributed by atoms with Crippen LogP contribution in [0.4, 0.5) is 5.69 Å². The lowest BCUT2D eigenvalue weighted by atomic mass is 10.2. The van der Waals surface area contributed by atoms with E-state index in [1.165, 1.54) is 0 Å². The summed E-state index contributed by atoms with van der Waals surface area (Å²) in [7, 11) is -3.47. The zero-order valence-corrected chi connectivity index (χ0v) is 9.29. The topological polar surface area (TPSA) is 82.0 Å². The lowest BCUT2D eigenvalue weighted by molar-refractivity contribution is 0.586. The van der Waals surface area contributed by atoms with Crippen LogP contribution >= 0.6 is 0 Å². The summed E-state index contributed by atoms with van der Waals surface area (Å²) in [5.41, 5.74) is 0.949. The Balaban J connectivity index is 2.05. The van der Waals surface area contributed by atoms with Gasteiger partial charge in [-0.15, -0.1) is 0 Å². The van der Waals surface area contributed by atoms with Crippen molar-refractivity contribution >= 4 is 15.9 Å².